The van der Waals surface area contributed by atoms with E-state index in [1.54, 1.807) is 6.07 Å². The standard InChI is InChI=1S/C30H31NO4/c1-21-8-10-23(11-9-21)29-27(26-13-12-24(32)20-28(26)35-30(29)33)19-22-6-5-7-25(18-22)34-17-16-31-14-3-2-4-15-31/h5-13,18,20,32H,2-4,14-17,19H2,1H3. The molecular formula is C30H31NO4. The molecule has 35 heavy (non-hydrogen) atoms. The molecule has 0 aliphatic carbocycles. The van der Waals surface area contributed by atoms with E-state index in [0.29, 0.717) is 24.2 Å². The zero-order chi connectivity index (χ0) is 24.2. The van der Waals surface area contributed by atoms with Gasteiger partial charge in [0.15, 0.2) is 0 Å². The number of hydrogen-bond acceptors (Lipinski definition) is 5. The van der Waals surface area contributed by atoms with Gasteiger partial charge in [-0.05, 0) is 80.2 Å². The van der Waals surface area contributed by atoms with Crippen LogP contribution in [0.2, 0.25) is 0 Å². The van der Waals surface area contributed by atoms with Crippen LogP contribution in [-0.4, -0.2) is 36.2 Å². The molecule has 2 heterocycles. The summed E-state index contributed by atoms with van der Waals surface area (Å²) in [6, 6.07) is 20.9. The monoisotopic (exact) mass is 469 g/mol. The molecular weight excluding hydrogens is 438 g/mol. The lowest BCUT2D eigenvalue weighted by atomic mass is 9.93. The van der Waals surface area contributed by atoms with E-state index in [9.17, 15) is 9.90 Å². The molecule has 1 saturated heterocycles. The Labute approximate surface area is 205 Å². The fraction of sp³-hybridized carbons (Fsp3) is 0.300. The fourth-order valence-electron chi connectivity index (χ4n) is 4.87. The summed E-state index contributed by atoms with van der Waals surface area (Å²) in [7, 11) is 0. The van der Waals surface area contributed by atoms with Crippen molar-refractivity contribution in [1.29, 1.82) is 0 Å². The molecule has 0 radical (unpaired) electrons. The third-order valence-electron chi connectivity index (χ3n) is 6.74. The summed E-state index contributed by atoms with van der Waals surface area (Å²) in [4.78, 5) is 15.6. The number of likely N-dealkylation sites (tertiary alicyclic amines) is 1. The first kappa shape index (κ1) is 23.2. The van der Waals surface area contributed by atoms with Gasteiger partial charge < -0.3 is 14.3 Å². The Kier molecular flexibility index (Phi) is 6.87. The lowest BCUT2D eigenvalue weighted by molar-refractivity contribution is 0.183. The van der Waals surface area contributed by atoms with Crippen LogP contribution in [0.15, 0.2) is 75.9 Å². The van der Waals surface area contributed by atoms with Crippen LogP contribution < -0.4 is 10.4 Å². The topological polar surface area (TPSA) is 62.9 Å². The smallest absolute Gasteiger partial charge is 0.344 e. The van der Waals surface area contributed by atoms with Crippen molar-refractivity contribution in [3.05, 3.63) is 93.8 Å². The normalized spacial score (nSPS) is 14.3. The zero-order valence-corrected chi connectivity index (χ0v) is 20.1. The Morgan fingerprint density at radius 2 is 1.77 bits per heavy atom. The van der Waals surface area contributed by atoms with Crippen molar-refractivity contribution in [2.45, 2.75) is 32.6 Å². The van der Waals surface area contributed by atoms with Crippen molar-refractivity contribution < 1.29 is 14.3 Å². The summed E-state index contributed by atoms with van der Waals surface area (Å²) in [6.45, 7) is 5.94. The lowest BCUT2D eigenvalue weighted by Gasteiger charge is -2.26. The average molecular weight is 470 g/mol. The summed E-state index contributed by atoms with van der Waals surface area (Å²) in [6.07, 6.45) is 4.42. The van der Waals surface area contributed by atoms with E-state index in [2.05, 4.69) is 17.0 Å². The third kappa shape index (κ3) is 5.41. The number of ether oxygens (including phenoxy) is 1. The molecule has 0 unspecified atom stereocenters. The summed E-state index contributed by atoms with van der Waals surface area (Å²) in [5, 5.41) is 10.8. The Bertz CT molecular complexity index is 1370. The van der Waals surface area contributed by atoms with Crippen molar-refractivity contribution in [1.82, 2.24) is 4.90 Å². The molecule has 0 saturated carbocycles. The molecule has 5 heteroatoms. The number of benzene rings is 3. The van der Waals surface area contributed by atoms with Gasteiger partial charge in [-0.1, -0.05) is 48.4 Å². The number of phenolic OH excluding ortho intramolecular Hbond substituents is 1. The number of piperidine rings is 1. The lowest BCUT2D eigenvalue weighted by Crippen LogP contribution is -2.33. The second kappa shape index (κ2) is 10.4. The molecule has 0 amide bonds. The number of phenols is 1. The molecule has 1 aliphatic rings. The SMILES string of the molecule is Cc1ccc(-c2c(Cc3cccc(OCCN4CCCCC4)c3)c3ccc(O)cc3oc2=O)cc1. The predicted octanol–water partition coefficient (Wildman–Crippen LogP) is 5.93. The highest BCUT2D eigenvalue weighted by atomic mass is 16.5. The molecule has 5 nitrogen and oxygen atoms in total. The third-order valence-corrected chi connectivity index (χ3v) is 6.74. The average Bonchev–Trinajstić information content (AvgIpc) is 2.86. The van der Waals surface area contributed by atoms with Crippen LogP contribution in [0.5, 0.6) is 11.5 Å². The van der Waals surface area contributed by atoms with Crippen LogP contribution in [0.1, 0.15) is 36.0 Å². The van der Waals surface area contributed by atoms with E-state index < -0.39 is 5.63 Å². The maximum absolute atomic E-state index is 13.1. The van der Waals surface area contributed by atoms with E-state index in [4.69, 9.17) is 9.15 Å². The number of hydrogen-bond donors (Lipinski definition) is 1. The molecule has 3 aromatic carbocycles. The van der Waals surface area contributed by atoms with Gasteiger partial charge in [-0.2, -0.15) is 0 Å². The van der Waals surface area contributed by atoms with Crippen molar-refractivity contribution in [2.75, 3.05) is 26.2 Å². The molecule has 180 valence electrons. The van der Waals surface area contributed by atoms with Crippen LogP contribution in [0.4, 0.5) is 0 Å². The summed E-state index contributed by atoms with van der Waals surface area (Å²) >= 11 is 0. The zero-order valence-electron chi connectivity index (χ0n) is 20.1. The number of rotatable bonds is 7. The Morgan fingerprint density at radius 3 is 2.57 bits per heavy atom. The highest BCUT2D eigenvalue weighted by molar-refractivity contribution is 5.88. The number of aryl methyl sites for hydroxylation is 1. The minimum atomic E-state index is -0.407. The van der Waals surface area contributed by atoms with Gasteiger partial charge in [0, 0.05) is 18.0 Å². The minimum absolute atomic E-state index is 0.0683. The first-order valence-electron chi connectivity index (χ1n) is 12.4. The molecule has 5 rings (SSSR count). The van der Waals surface area contributed by atoms with Crippen molar-refractivity contribution in [2.24, 2.45) is 0 Å². The van der Waals surface area contributed by atoms with Crippen molar-refractivity contribution in [3.8, 4) is 22.6 Å². The van der Waals surface area contributed by atoms with Crippen molar-refractivity contribution in [3.63, 3.8) is 0 Å². The van der Waals surface area contributed by atoms with Gasteiger partial charge in [-0.3, -0.25) is 4.90 Å². The molecule has 1 N–H and O–H groups in total. The Morgan fingerprint density at radius 1 is 0.971 bits per heavy atom. The van der Waals surface area contributed by atoms with E-state index >= 15 is 0 Å². The summed E-state index contributed by atoms with van der Waals surface area (Å²) in [5.41, 5.74) is 4.41. The van der Waals surface area contributed by atoms with Gasteiger partial charge in [0.2, 0.25) is 0 Å². The Balaban J connectivity index is 1.46. The van der Waals surface area contributed by atoms with Gasteiger partial charge in [0.1, 0.15) is 23.7 Å². The van der Waals surface area contributed by atoms with Crippen LogP contribution in [-0.2, 0) is 6.42 Å². The van der Waals surface area contributed by atoms with E-state index in [1.165, 1.54) is 25.3 Å². The van der Waals surface area contributed by atoms with Crippen LogP contribution in [0.3, 0.4) is 0 Å². The molecule has 1 aromatic heterocycles. The molecule has 1 aliphatic heterocycles. The quantitative estimate of drug-likeness (QED) is 0.340. The number of nitrogens with zero attached hydrogens (tertiary/aromatic N) is 1. The molecule has 1 fully saturated rings. The fourth-order valence-corrected chi connectivity index (χ4v) is 4.87. The second-order valence-corrected chi connectivity index (χ2v) is 9.36. The summed E-state index contributed by atoms with van der Waals surface area (Å²) in [5.74, 6) is 0.903. The molecule has 0 atom stereocenters. The maximum Gasteiger partial charge on any atom is 0.344 e. The van der Waals surface area contributed by atoms with E-state index in [0.717, 1.165) is 53.0 Å². The minimum Gasteiger partial charge on any atom is -0.508 e. The van der Waals surface area contributed by atoms with Gasteiger partial charge in [-0.25, -0.2) is 4.79 Å². The predicted molar refractivity (Wildman–Crippen MR) is 139 cm³/mol. The van der Waals surface area contributed by atoms with Gasteiger partial charge in [-0.15, -0.1) is 0 Å². The van der Waals surface area contributed by atoms with Crippen LogP contribution in [0.25, 0.3) is 22.1 Å². The largest absolute Gasteiger partial charge is 0.508 e. The first-order valence-corrected chi connectivity index (χ1v) is 12.4. The van der Waals surface area contributed by atoms with Gasteiger partial charge >= 0.3 is 5.63 Å². The molecule has 0 bridgehead atoms. The molecule has 0 spiro atoms. The van der Waals surface area contributed by atoms with Crippen LogP contribution in [0, 0.1) is 6.92 Å². The Hall–Kier alpha value is -3.57. The number of aromatic hydroxyl groups is 1. The van der Waals surface area contributed by atoms with E-state index in [-0.39, 0.29) is 5.75 Å². The second-order valence-electron chi connectivity index (χ2n) is 9.36. The number of fused-ring (bicyclic) bond motifs is 1. The molecule has 4 aromatic rings. The van der Waals surface area contributed by atoms with Crippen molar-refractivity contribution >= 4 is 11.0 Å². The van der Waals surface area contributed by atoms with Gasteiger partial charge in [0.05, 0.1) is 5.56 Å². The maximum atomic E-state index is 13.1. The summed E-state index contributed by atoms with van der Waals surface area (Å²) < 4.78 is 11.7. The van der Waals surface area contributed by atoms with E-state index in [1.807, 2.05) is 49.4 Å². The highest BCUT2D eigenvalue weighted by Crippen LogP contribution is 2.32. The first-order chi connectivity index (χ1) is 17.1. The van der Waals surface area contributed by atoms with Crippen LogP contribution >= 0.6 is 0 Å². The highest BCUT2D eigenvalue weighted by Gasteiger charge is 2.18. The van der Waals surface area contributed by atoms with Gasteiger partial charge in [0.25, 0.3) is 0 Å².